The largest absolute Gasteiger partial charge is 0.477 e. The van der Waals surface area contributed by atoms with Crippen LogP contribution in [0.4, 0.5) is 0 Å². The van der Waals surface area contributed by atoms with Gasteiger partial charge < -0.3 is 9.64 Å². The normalized spacial score (nSPS) is 15.5. The molecule has 0 saturated carbocycles. The molecule has 2 aliphatic rings. The van der Waals surface area contributed by atoms with Crippen LogP contribution in [0.3, 0.4) is 0 Å². The second-order valence-electron chi connectivity index (χ2n) is 8.87. The maximum Gasteiger partial charge on any atom is 0.225 e. The first-order valence-corrected chi connectivity index (χ1v) is 11.6. The van der Waals surface area contributed by atoms with Crippen molar-refractivity contribution in [2.75, 3.05) is 26.2 Å². The molecule has 1 aliphatic heterocycles. The predicted molar refractivity (Wildman–Crippen MR) is 125 cm³/mol. The van der Waals surface area contributed by atoms with Crippen LogP contribution in [0.1, 0.15) is 53.9 Å². The number of aromatic nitrogens is 2. The van der Waals surface area contributed by atoms with E-state index in [1.165, 1.54) is 54.6 Å². The van der Waals surface area contributed by atoms with Gasteiger partial charge >= 0.3 is 0 Å². The Hall–Kier alpha value is -2.72. The summed E-state index contributed by atoms with van der Waals surface area (Å²) in [7, 11) is 0. The standard InChI is InChI=1S/C27H31N3O/c1-20-11-12-23-22(17-20)19-24-26(23)27(31-16-8-15-30-13-6-3-7-14-30)29-25(28-24)18-21-9-4-2-5-10-21/h2,4-5,9-12,17H,3,6-8,13-16,18-19H2,1H3. The molecule has 160 valence electrons. The molecule has 0 spiro atoms. The topological polar surface area (TPSA) is 38.3 Å². The van der Waals surface area contributed by atoms with E-state index in [0.29, 0.717) is 6.61 Å². The van der Waals surface area contributed by atoms with Gasteiger partial charge in [-0.05, 0) is 56.0 Å². The molecule has 1 aliphatic carbocycles. The highest BCUT2D eigenvalue weighted by Crippen LogP contribution is 2.41. The first-order chi connectivity index (χ1) is 15.3. The van der Waals surface area contributed by atoms with Crippen molar-refractivity contribution >= 4 is 0 Å². The molecule has 5 rings (SSSR count). The molecule has 0 amide bonds. The van der Waals surface area contributed by atoms with Crippen LogP contribution in [0, 0.1) is 6.92 Å². The smallest absolute Gasteiger partial charge is 0.225 e. The Morgan fingerprint density at radius 1 is 0.968 bits per heavy atom. The van der Waals surface area contributed by atoms with Gasteiger partial charge in [-0.2, -0.15) is 4.98 Å². The summed E-state index contributed by atoms with van der Waals surface area (Å²) < 4.78 is 6.33. The molecule has 0 radical (unpaired) electrons. The van der Waals surface area contributed by atoms with E-state index in [1.807, 2.05) is 6.07 Å². The van der Waals surface area contributed by atoms with E-state index in [0.717, 1.165) is 48.8 Å². The molecule has 1 saturated heterocycles. The van der Waals surface area contributed by atoms with Crippen LogP contribution in [0.2, 0.25) is 0 Å². The fraction of sp³-hybridized carbons (Fsp3) is 0.407. The van der Waals surface area contributed by atoms with Crippen LogP contribution in [-0.4, -0.2) is 41.1 Å². The van der Waals surface area contributed by atoms with E-state index in [2.05, 4.69) is 54.3 Å². The van der Waals surface area contributed by atoms with Crippen molar-refractivity contribution < 1.29 is 4.74 Å². The SMILES string of the molecule is Cc1ccc2c(c1)Cc1nc(Cc3ccccc3)nc(OCCCN3CCCCC3)c1-2. The lowest BCUT2D eigenvalue weighted by Gasteiger charge is -2.26. The van der Waals surface area contributed by atoms with Crippen molar-refractivity contribution in [1.29, 1.82) is 0 Å². The third kappa shape index (κ3) is 4.64. The first-order valence-electron chi connectivity index (χ1n) is 11.6. The van der Waals surface area contributed by atoms with E-state index < -0.39 is 0 Å². The van der Waals surface area contributed by atoms with Gasteiger partial charge in [-0.15, -0.1) is 0 Å². The quantitative estimate of drug-likeness (QED) is 0.390. The molecular formula is C27H31N3O. The maximum absolute atomic E-state index is 6.33. The number of benzene rings is 2. The number of aryl methyl sites for hydroxylation is 1. The van der Waals surface area contributed by atoms with Crippen LogP contribution in [0.15, 0.2) is 48.5 Å². The summed E-state index contributed by atoms with van der Waals surface area (Å²) in [5, 5.41) is 0. The summed E-state index contributed by atoms with van der Waals surface area (Å²) in [6, 6.07) is 17.1. The van der Waals surface area contributed by atoms with E-state index in [-0.39, 0.29) is 0 Å². The van der Waals surface area contributed by atoms with Crippen molar-refractivity contribution in [3.63, 3.8) is 0 Å². The lowest BCUT2D eigenvalue weighted by Crippen LogP contribution is -2.31. The second kappa shape index (κ2) is 9.19. The van der Waals surface area contributed by atoms with Crippen molar-refractivity contribution in [1.82, 2.24) is 14.9 Å². The van der Waals surface area contributed by atoms with E-state index in [1.54, 1.807) is 0 Å². The molecule has 0 bridgehead atoms. The van der Waals surface area contributed by atoms with Crippen molar-refractivity contribution in [3.05, 3.63) is 76.7 Å². The zero-order chi connectivity index (χ0) is 21.0. The highest BCUT2D eigenvalue weighted by Gasteiger charge is 2.26. The van der Waals surface area contributed by atoms with Gasteiger partial charge in [0.1, 0.15) is 5.82 Å². The van der Waals surface area contributed by atoms with Gasteiger partial charge in [-0.3, -0.25) is 0 Å². The maximum atomic E-state index is 6.33. The Morgan fingerprint density at radius 3 is 2.65 bits per heavy atom. The number of likely N-dealkylation sites (tertiary alicyclic amines) is 1. The molecule has 4 nitrogen and oxygen atoms in total. The zero-order valence-electron chi connectivity index (χ0n) is 18.4. The summed E-state index contributed by atoms with van der Waals surface area (Å²) in [6.07, 6.45) is 6.67. The molecule has 31 heavy (non-hydrogen) atoms. The number of hydrogen-bond acceptors (Lipinski definition) is 4. The highest BCUT2D eigenvalue weighted by atomic mass is 16.5. The monoisotopic (exact) mass is 413 g/mol. The van der Waals surface area contributed by atoms with Gasteiger partial charge in [0.2, 0.25) is 5.88 Å². The Kier molecular flexibility index (Phi) is 5.99. The summed E-state index contributed by atoms with van der Waals surface area (Å²) >= 11 is 0. The van der Waals surface area contributed by atoms with Crippen molar-refractivity contribution in [2.24, 2.45) is 0 Å². The van der Waals surface area contributed by atoms with Crippen LogP contribution in [-0.2, 0) is 12.8 Å². The average Bonchev–Trinajstić information content (AvgIpc) is 3.15. The highest BCUT2D eigenvalue weighted by molar-refractivity contribution is 5.79. The average molecular weight is 414 g/mol. The fourth-order valence-corrected chi connectivity index (χ4v) is 4.83. The van der Waals surface area contributed by atoms with Crippen molar-refractivity contribution in [2.45, 2.75) is 45.4 Å². The van der Waals surface area contributed by atoms with Gasteiger partial charge in [0.05, 0.1) is 17.9 Å². The number of piperidine rings is 1. The van der Waals surface area contributed by atoms with Crippen LogP contribution in [0.5, 0.6) is 5.88 Å². The molecule has 4 heteroatoms. The van der Waals surface area contributed by atoms with Gasteiger partial charge in [0.15, 0.2) is 0 Å². The minimum Gasteiger partial charge on any atom is -0.477 e. The van der Waals surface area contributed by atoms with Crippen LogP contribution < -0.4 is 4.74 Å². The molecule has 2 aromatic carbocycles. The lowest BCUT2D eigenvalue weighted by molar-refractivity contribution is 0.203. The molecule has 3 aromatic rings. The van der Waals surface area contributed by atoms with Gasteiger partial charge in [0, 0.05) is 19.4 Å². The van der Waals surface area contributed by atoms with E-state index in [9.17, 15) is 0 Å². The number of ether oxygens (including phenoxy) is 1. The Morgan fingerprint density at radius 2 is 1.81 bits per heavy atom. The van der Waals surface area contributed by atoms with Crippen molar-refractivity contribution in [3.8, 4) is 17.0 Å². The third-order valence-corrected chi connectivity index (χ3v) is 6.40. The number of fused-ring (bicyclic) bond motifs is 3. The Bertz CT molecular complexity index is 1040. The van der Waals surface area contributed by atoms with Gasteiger partial charge in [-0.1, -0.05) is 60.5 Å². The fourth-order valence-electron chi connectivity index (χ4n) is 4.83. The number of nitrogens with zero attached hydrogens (tertiary/aromatic N) is 3. The Balaban J connectivity index is 1.37. The minimum absolute atomic E-state index is 0.700. The van der Waals surface area contributed by atoms with Gasteiger partial charge in [0.25, 0.3) is 0 Å². The summed E-state index contributed by atoms with van der Waals surface area (Å²) in [6.45, 7) is 6.42. The zero-order valence-corrected chi connectivity index (χ0v) is 18.4. The molecule has 2 heterocycles. The molecule has 0 unspecified atom stereocenters. The van der Waals surface area contributed by atoms with Crippen LogP contribution in [0.25, 0.3) is 11.1 Å². The number of rotatable bonds is 7. The molecule has 0 atom stereocenters. The van der Waals surface area contributed by atoms with E-state index >= 15 is 0 Å². The summed E-state index contributed by atoms with van der Waals surface area (Å²) in [5.41, 5.74) is 7.28. The third-order valence-electron chi connectivity index (χ3n) is 6.40. The van der Waals surface area contributed by atoms with E-state index in [4.69, 9.17) is 14.7 Å². The second-order valence-corrected chi connectivity index (χ2v) is 8.87. The molecule has 1 aromatic heterocycles. The lowest BCUT2D eigenvalue weighted by atomic mass is 10.0. The molecule has 1 fully saturated rings. The molecular weight excluding hydrogens is 382 g/mol. The Labute approximate surface area is 185 Å². The van der Waals surface area contributed by atoms with Gasteiger partial charge in [-0.25, -0.2) is 4.98 Å². The summed E-state index contributed by atoms with van der Waals surface area (Å²) in [5.74, 6) is 1.61. The predicted octanol–water partition coefficient (Wildman–Crippen LogP) is 5.20. The summed E-state index contributed by atoms with van der Waals surface area (Å²) in [4.78, 5) is 12.4. The number of hydrogen-bond donors (Lipinski definition) is 0. The van der Waals surface area contributed by atoms with Crippen LogP contribution >= 0.6 is 0 Å². The minimum atomic E-state index is 0.700. The first kappa shape index (κ1) is 20.2. The molecule has 0 N–H and O–H groups in total.